The Bertz CT molecular complexity index is 702. The van der Waals surface area contributed by atoms with Gasteiger partial charge in [-0.15, -0.1) is 0 Å². The zero-order valence-electron chi connectivity index (χ0n) is 29.8. The van der Waals surface area contributed by atoms with Crippen LogP contribution in [0.5, 0.6) is 0 Å². The fraction of sp³-hybridized carbons (Fsp3) is 1.00. The third kappa shape index (κ3) is 21.5. The Labute approximate surface area is 259 Å². The van der Waals surface area contributed by atoms with Gasteiger partial charge in [-0.05, 0) is 118 Å². The highest BCUT2D eigenvalue weighted by molar-refractivity contribution is 6.93. The van der Waals surface area contributed by atoms with Crippen LogP contribution in [-0.2, 0) is 37.0 Å². The summed E-state index contributed by atoms with van der Waals surface area (Å²) in [7, 11) is -25.2. The standard InChI is InChI=1S/C21H64O9Si10/c1-32(2,3)22-31(23-33(4,5)6)24-38(19,29-39(20,25-34(7,8)9)26-35(10,11)12)30-40(21,27-36(13,14)15)28-37(16,17)18/h31H,1-21H3. The maximum absolute atomic E-state index is 7.03. The summed E-state index contributed by atoms with van der Waals surface area (Å²) in [5.41, 5.74) is 0. The Morgan fingerprint density at radius 2 is 0.475 bits per heavy atom. The van der Waals surface area contributed by atoms with Gasteiger partial charge in [-0.3, -0.25) is 0 Å². The molecule has 19 heteroatoms. The highest BCUT2D eigenvalue weighted by atomic mass is 28.6. The first kappa shape index (κ1) is 41.8. The monoisotopic (exact) mass is 740 g/mol. The molecular formula is C21H64O9Si10. The second-order valence-electron chi connectivity index (χ2n) is 16.5. The van der Waals surface area contributed by atoms with Crippen LogP contribution in [0.25, 0.3) is 0 Å². The Hall–Kier alpha value is 1.81. The predicted molar refractivity (Wildman–Crippen MR) is 192 cm³/mol. The highest BCUT2D eigenvalue weighted by Gasteiger charge is 2.58. The molecule has 0 saturated heterocycles. The van der Waals surface area contributed by atoms with Gasteiger partial charge in [-0.2, -0.15) is 0 Å². The summed E-state index contributed by atoms with van der Waals surface area (Å²) in [5.74, 6) is 0. The summed E-state index contributed by atoms with van der Waals surface area (Å²) in [5, 5.41) is 0. The minimum atomic E-state index is -3.61. The smallest absolute Gasteiger partial charge is 0.419 e. The number of hydrogen-bond donors (Lipinski definition) is 0. The lowest BCUT2D eigenvalue weighted by Crippen LogP contribution is -2.68. The van der Waals surface area contributed by atoms with Crippen molar-refractivity contribution in [2.75, 3.05) is 0 Å². The fourth-order valence-corrected chi connectivity index (χ4v) is 40.0. The zero-order chi connectivity index (χ0) is 32.4. The van der Waals surface area contributed by atoms with E-state index in [0.29, 0.717) is 0 Å². The quantitative estimate of drug-likeness (QED) is 0.132. The average molecular weight is 742 g/mol. The third-order valence-corrected chi connectivity index (χ3v) is 35.3. The Balaban J connectivity index is 7.02. The van der Waals surface area contributed by atoms with Crippen molar-refractivity contribution in [3.8, 4) is 0 Å². The molecule has 40 heavy (non-hydrogen) atoms. The van der Waals surface area contributed by atoms with Crippen LogP contribution in [0, 0.1) is 0 Å². The molecule has 0 unspecified atom stereocenters. The molecule has 0 aliphatic rings. The fourth-order valence-electron chi connectivity index (χ4n) is 3.92. The van der Waals surface area contributed by atoms with E-state index in [1.54, 1.807) is 0 Å². The van der Waals surface area contributed by atoms with Gasteiger partial charge in [-0.1, -0.05) is 0 Å². The van der Waals surface area contributed by atoms with Gasteiger partial charge in [0.15, 0.2) is 49.9 Å². The molecule has 0 spiro atoms. The SMILES string of the molecule is C[Si](C)(C)O[SiH](O[Si](C)(C)C)O[Si](C)(O[Si](C)(O[Si](C)(C)C)O[Si](C)(C)C)O[Si](C)(O[Si](C)(C)C)O[Si](C)(C)C. The molecule has 0 aromatic rings. The molecule has 0 fully saturated rings. The maximum atomic E-state index is 7.03. The van der Waals surface area contributed by atoms with Crippen molar-refractivity contribution in [1.82, 2.24) is 0 Å². The molecule has 0 bridgehead atoms. The van der Waals surface area contributed by atoms with E-state index in [9.17, 15) is 0 Å². The van der Waals surface area contributed by atoms with Crippen LogP contribution in [0.2, 0.25) is 137 Å². The minimum absolute atomic E-state index is 1.92. The molecule has 0 atom stereocenters. The van der Waals surface area contributed by atoms with Crippen LogP contribution in [0.3, 0.4) is 0 Å². The summed E-state index contributed by atoms with van der Waals surface area (Å²) in [4.78, 5) is 0. The molecule has 242 valence electrons. The lowest BCUT2D eigenvalue weighted by molar-refractivity contribution is 0.134. The molecule has 0 heterocycles. The van der Waals surface area contributed by atoms with Gasteiger partial charge in [0.2, 0.25) is 0 Å². The Morgan fingerprint density at radius 1 is 0.250 bits per heavy atom. The highest BCUT2D eigenvalue weighted by Crippen LogP contribution is 2.32. The second-order valence-corrected chi connectivity index (χ2v) is 55.3. The third-order valence-electron chi connectivity index (χ3n) is 3.92. The summed E-state index contributed by atoms with van der Waals surface area (Å²) in [6.07, 6.45) is 0. The van der Waals surface area contributed by atoms with Gasteiger partial charge in [0, 0.05) is 19.6 Å². The first-order valence-electron chi connectivity index (χ1n) is 14.3. The van der Waals surface area contributed by atoms with Gasteiger partial charge >= 0.3 is 35.9 Å². The van der Waals surface area contributed by atoms with Crippen LogP contribution in [0.4, 0.5) is 0 Å². The summed E-state index contributed by atoms with van der Waals surface area (Å²) in [6, 6.07) is 0. The van der Waals surface area contributed by atoms with E-state index < -0.39 is 85.8 Å². The van der Waals surface area contributed by atoms with E-state index in [1.807, 2.05) is 19.6 Å². The van der Waals surface area contributed by atoms with E-state index in [0.717, 1.165) is 0 Å². The van der Waals surface area contributed by atoms with Crippen molar-refractivity contribution in [1.29, 1.82) is 0 Å². The van der Waals surface area contributed by atoms with Gasteiger partial charge in [0.25, 0.3) is 0 Å². The first-order valence-corrected chi connectivity index (χ1v) is 42.8. The second kappa shape index (κ2) is 14.1. The topological polar surface area (TPSA) is 83.1 Å². The molecule has 9 nitrogen and oxygen atoms in total. The normalized spacial score (nSPS) is 15.8. The van der Waals surface area contributed by atoms with E-state index in [4.69, 9.17) is 37.0 Å². The molecule has 0 aromatic heterocycles. The summed E-state index contributed by atoms with van der Waals surface area (Å²) >= 11 is 0. The van der Waals surface area contributed by atoms with Crippen molar-refractivity contribution in [2.24, 2.45) is 0 Å². The number of rotatable bonds is 18. The Kier molecular flexibility index (Phi) is 14.7. The van der Waals surface area contributed by atoms with Gasteiger partial charge in [-0.25, -0.2) is 0 Å². The van der Waals surface area contributed by atoms with Gasteiger partial charge in [0.05, 0.1) is 0 Å². The zero-order valence-corrected chi connectivity index (χ0v) is 39.9. The summed E-state index contributed by atoms with van der Waals surface area (Å²) in [6.45, 7) is 44.6. The van der Waals surface area contributed by atoms with Crippen molar-refractivity contribution in [3.05, 3.63) is 0 Å². The molecule has 0 amide bonds. The maximum Gasteiger partial charge on any atom is 0.475 e. The molecule has 0 rings (SSSR count). The van der Waals surface area contributed by atoms with Crippen molar-refractivity contribution >= 4 is 85.8 Å². The lowest BCUT2D eigenvalue weighted by Gasteiger charge is -2.46. The van der Waals surface area contributed by atoms with E-state index in [-0.39, 0.29) is 0 Å². The van der Waals surface area contributed by atoms with Crippen LogP contribution in [0.1, 0.15) is 0 Å². The van der Waals surface area contributed by atoms with Crippen LogP contribution in [-0.4, -0.2) is 85.8 Å². The molecule has 0 radical (unpaired) electrons. The lowest BCUT2D eigenvalue weighted by atomic mass is 11.8. The van der Waals surface area contributed by atoms with Crippen molar-refractivity contribution < 1.29 is 37.0 Å². The molecule has 0 N–H and O–H groups in total. The van der Waals surface area contributed by atoms with Crippen molar-refractivity contribution in [3.63, 3.8) is 0 Å². The van der Waals surface area contributed by atoms with Crippen LogP contribution < -0.4 is 0 Å². The average Bonchev–Trinajstić information content (AvgIpc) is 2.39. The summed E-state index contributed by atoms with van der Waals surface area (Å²) < 4.78 is 61.1. The molecule has 0 saturated carbocycles. The van der Waals surface area contributed by atoms with Gasteiger partial charge in [0.1, 0.15) is 0 Å². The van der Waals surface area contributed by atoms with E-state index in [1.165, 1.54) is 0 Å². The van der Waals surface area contributed by atoms with E-state index >= 15 is 0 Å². The molecule has 0 aliphatic heterocycles. The minimum Gasteiger partial charge on any atom is -0.419 e. The number of hydrogen-bond acceptors (Lipinski definition) is 9. The van der Waals surface area contributed by atoms with Gasteiger partial charge < -0.3 is 37.0 Å². The largest absolute Gasteiger partial charge is 0.475 e. The van der Waals surface area contributed by atoms with Crippen molar-refractivity contribution in [2.45, 2.75) is 137 Å². The molecule has 0 aromatic carbocycles. The first-order chi connectivity index (χ1) is 17.0. The Morgan fingerprint density at radius 3 is 0.650 bits per heavy atom. The van der Waals surface area contributed by atoms with Crippen LogP contribution >= 0.6 is 0 Å². The molecular weight excluding hydrogens is 677 g/mol. The van der Waals surface area contributed by atoms with Crippen LogP contribution in [0.15, 0.2) is 0 Å². The molecule has 0 aliphatic carbocycles. The predicted octanol–water partition coefficient (Wildman–Crippen LogP) is 7.57. The van der Waals surface area contributed by atoms with E-state index in [2.05, 4.69) is 118 Å².